The first-order chi connectivity index (χ1) is 8.43. The van der Waals surface area contributed by atoms with Gasteiger partial charge in [-0.2, -0.15) is 0 Å². The minimum atomic E-state index is 0. The number of rotatable bonds is 8. The number of unbranched alkanes of at least 4 members (excludes halogenated alkanes) is 2. The maximum Gasteiger partial charge on any atom is 0.0465 e. The van der Waals surface area contributed by atoms with Crippen molar-refractivity contribution in [2.75, 3.05) is 32.8 Å². The van der Waals surface area contributed by atoms with Crippen molar-refractivity contribution in [1.82, 2.24) is 10.6 Å². The van der Waals surface area contributed by atoms with Crippen LogP contribution in [0.1, 0.15) is 54.3 Å². The molecule has 1 fully saturated rings. The van der Waals surface area contributed by atoms with E-state index in [4.69, 9.17) is 4.74 Å². The minimum Gasteiger partial charge on any atom is -0.382 e. The van der Waals surface area contributed by atoms with E-state index in [9.17, 15) is 0 Å². The summed E-state index contributed by atoms with van der Waals surface area (Å²) in [6.45, 7) is 11.4. The zero-order valence-corrected chi connectivity index (χ0v) is 12.1. The van der Waals surface area contributed by atoms with Crippen LogP contribution >= 0.6 is 0 Å². The molecule has 1 heterocycles. The summed E-state index contributed by atoms with van der Waals surface area (Å²) in [5.74, 6) is 0. The van der Waals surface area contributed by atoms with E-state index in [1.165, 1.54) is 51.7 Å². The number of piperidine rings is 1. The quantitative estimate of drug-likeness (QED) is 0.646. The second kappa shape index (κ2) is 13.9. The Morgan fingerprint density at radius 1 is 1.18 bits per heavy atom. The maximum atomic E-state index is 5.30. The molecule has 3 heteroatoms. The van der Waals surface area contributed by atoms with Gasteiger partial charge >= 0.3 is 0 Å². The van der Waals surface area contributed by atoms with Crippen molar-refractivity contribution in [3.05, 3.63) is 0 Å². The summed E-state index contributed by atoms with van der Waals surface area (Å²) in [6.07, 6.45) is 6.37. The van der Waals surface area contributed by atoms with Gasteiger partial charge in [0.05, 0.1) is 0 Å². The molecule has 1 rings (SSSR count). The van der Waals surface area contributed by atoms with Gasteiger partial charge in [0.1, 0.15) is 0 Å². The largest absolute Gasteiger partial charge is 0.382 e. The molecule has 106 valence electrons. The lowest BCUT2D eigenvalue weighted by atomic mass is 10.1. The molecule has 0 aromatic heterocycles. The van der Waals surface area contributed by atoms with Crippen LogP contribution in [0.3, 0.4) is 0 Å². The standard InChI is InChI=1S/C12H26N2O.C2H6.H2/c1-2-15-11-5-3-4-8-14-12-6-9-13-10-7-12;1-2;/h12-14H,2-11H2,1H3;1-2H3;1H. The van der Waals surface area contributed by atoms with Crippen LogP contribution in [-0.4, -0.2) is 38.9 Å². The summed E-state index contributed by atoms with van der Waals surface area (Å²) in [7, 11) is 0. The number of hydrogen-bond acceptors (Lipinski definition) is 3. The number of nitrogens with one attached hydrogen (secondary N) is 2. The topological polar surface area (TPSA) is 33.3 Å². The molecule has 2 N–H and O–H groups in total. The molecule has 0 radical (unpaired) electrons. The Balaban J connectivity index is 0. The third kappa shape index (κ3) is 10.7. The van der Waals surface area contributed by atoms with Crippen LogP contribution in [0.25, 0.3) is 0 Å². The summed E-state index contributed by atoms with van der Waals surface area (Å²) in [5, 5.41) is 7.01. The first-order valence-electron chi connectivity index (χ1n) is 7.45. The summed E-state index contributed by atoms with van der Waals surface area (Å²) < 4.78 is 5.30. The lowest BCUT2D eigenvalue weighted by molar-refractivity contribution is 0.143. The molecule has 0 saturated carbocycles. The SMILES string of the molecule is CC.CCOCCCCCNC1CCNCC1.[HH]. The van der Waals surface area contributed by atoms with Crippen LogP contribution in [-0.2, 0) is 4.74 Å². The predicted molar refractivity (Wildman–Crippen MR) is 77.7 cm³/mol. The van der Waals surface area contributed by atoms with Crippen molar-refractivity contribution < 1.29 is 6.16 Å². The highest BCUT2D eigenvalue weighted by Crippen LogP contribution is 2.02. The average Bonchev–Trinajstić information content (AvgIpc) is 2.41. The smallest absolute Gasteiger partial charge is 0.0465 e. The molecule has 17 heavy (non-hydrogen) atoms. The molecule has 1 saturated heterocycles. The van der Waals surface area contributed by atoms with Crippen molar-refractivity contribution in [3.8, 4) is 0 Å². The normalized spacial score (nSPS) is 16.4. The van der Waals surface area contributed by atoms with Gasteiger partial charge in [-0.05, 0) is 58.7 Å². The average molecular weight is 246 g/mol. The number of ether oxygens (including phenoxy) is 1. The zero-order valence-electron chi connectivity index (χ0n) is 12.1. The predicted octanol–water partition coefficient (Wildman–Crippen LogP) is 2.81. The summed E-state index contributed by atoms with van der Waals surface area (Å²) in [6, 6.07) is 0.762. The number of hydrogen-bond donors (Lipinski definition) is 2. The Hall–Kier alpha value is -0.120. The molecule has 0 bridgehead atoms. The lowest BCUT2D eigenvalue weighted by Gasteiger charge is -2.23. The van der Waals surface area contributed by atoms with Gasteiger partial charge in [0.15, 0.2) is 0 Å². The Kier molecular flexibility index (Phi) is 13.8. The van der Waals surface area contributed by atoms with Gasteiger partial charge < -0.3 is 15.4 Å². The van der Waals surface area contributed by atoms with Gasteiger partial charge in [0.25, 0.3) is 0 Å². The molecule has 0 amide bonds. The van der Waals surface area contributed by atoms with E-state index in [2.05, 4.69) is 17.6 Å². The Labute approximate surface area is 109 Å². The van der Waals surface area contributed by atoms with Gasteiger partial charge in [-0.25, -0.2) is 0 Å². The lowest BCUT2D eigenvalue weighted by Crippen LogP contribution is -2.40. The Bertz CT molecular complexity index is 142. The van der Waals surface area contributed by atoms with Crippen molar-refractivity contribution in [1.29, 1.82) is 0 Å². The van der Waals surface area contributed by atoms with E-state index in [-0.39, 0.29) is 1.43 Å². The van der Waals surface area contributed by atoms with E-state index in [0.29, 0.717) is 0 Å². The van der Waals surface area contributed by atoms with Crippen molar-refractivity contribution in [3.63, 3.8) is 0 Å². The van der Waals surface area contributed by atoms with Crippen molar-refractivity contribution >= 4 is 0 Å². The molecule has 0 spiro atoms. The molecule has 0 atom stereocenters. The molecule has 1 aliphatic rings. The van der Waals surface area contributed by atoms with Crippen LogP contribution < -0.4 is 10.6 Å². The van der Waals surface area contributed by atoms with E-state index >= 15 is 0 Å². The molecule has 3 nitrogen and oxygen atoms in total. The first-order valence-corrected chi connectivity index (χ1v) is 7.45. The van der Waals surface area contributed by atoms with Crippen LogP contribution in [0.2, 0.25) is 0 Å². The van der Waals surface area contributed by atoms with Crippen LogP contribution in [0.4, 0.5) is 0 Å². The summed E-state index contributed by atoms with van der Waals surface area (Å²) in [5.41, 5.74) is 0. The third-order valence-corrected chi connectivity index (χ3v) is 2.94. The van der Waals surface area contributed by atoms with Crippen LogP contribution in [0, 0.1) is 0 Å². The van der Waals surface area contributed by atoms with Crippen LogP contribution in [0.15, 0.2) is 0 Å². The van der Waals surface area contributed by atoms with Crippen LogP contribution in [0.5, 0.6) is 0 Å². The van der Waals surface area contributed by atoms with Gasteiger partial charge in [0, 0.05) is 20.7 Å². The van der Waals surface area contributed by atoms with Gasteiger partial charge in [-0.1, -0.05) is 13.8 Å². The van der Waals surface area contributed by atoms with E-state index in [1.807, 2.05) is 13.8 Å². The Morgan fingerprint density at radius 2 is 1.88 bits per heavy atom. The second-order valence-corrected chi connectivity index (χ2v) is 4.24. The monoisotopic (exact) mass is 246 g/mol. The fourth-order valence-corrected chi connectivity index (χ4v) is 1.98. The third-order valence-electron chi connectivity index (χ3n) is 2.94. The highest BCUT2D eigenvalue weighted by molar-refractivity contribution is 4.73. The van der Waals surface area contributed by atoms with Gasteiger partial charge in [-0.15, -0.1) is 0 Å². The molecule has 0 aliphatic carbocycles. The molecule has 0 unspecified atom stereocenters. The minimum absolute atomic E-state index is 0. The van der Waals surface area contributed by atoms with E-state index < -0.39 is 0 Å². The summed E-state index contributed by atoms with van der Waals surface area (Å²) >= 11 is 0. The first kappa shape index (κ1) is 16.9. The second-order valence-electron chi connectivity index (χ2n) is 4.24. The molecular weight excluding hydrogens is 212 g/mol. The van der Waals surface area contributed by atoms with Crippen molar-refractivity contribution in [2.24, 2.45) is 0 Å². The fraction of sp³-hybridized carbons (Fsp3) is 1.00. The molecule has 1 aliphatic heterocycles. The molecular formula is C14H34N2O. The fourth-order valence-electron chi connectivity index (χ4n) is 1.98. The highest BCUT2D eigenvalue weighted by atomic mass is 16.5. The van der Waals surface area contributed by atoms with Gasteiger partial charge in [-0.3, -0.25) is 0 Å². The van der Waals surface area contributed by atoms with Crippen molar-refractivity contribution in [2.45, 2.75) is 58.9 Å². The molecule has 0 aromatic rings. The summed E-state index contributed by atoms with van der Waals surface area (Å²) in [4.78, 5) is 0. The zero-order chi connectivity index (χ0) is 12.8. The maximum absolute atomic E-state index is 5.30. The van der Waals surface area contributed by atoms with Gasteiger partial charge in [0.2, 0.25) is 0 Å². The highest BCUT2D eigenvalue weighted by Gasteiger charge is 2.10. The van der Waals surface area contributed by atoms with E-state index in [1.54, 1.807) is 0 Å². The van der Waals surface area contributed by atoms with E-state index in [0.717, 1.165) is 19.3 Å². The molecule has 0 aromatic carbocycles. The Morgan fingerprint density at radius 3 is 2.53 bits per heavy atom.